The number of hydrogen-bond acceptors (Lipinski definition) is 3. The minimum absolute atomic E-state index is 0.354. The lowest BCUT2D eigenvalue weighted by molar-refractivity contribution is 0.0566. The van der Waals surface area contributed by atoms with E-state index in [1.54, 1.807) is 6.08 Å². The fourth-order valence-electron chi connectivity index (χ4n) is 3.75. The molecule has 33 heavy (non-hydrogen) atoms. The minimum Gasteiger partial charge on any atom is -0.490 e. The summed E-state index contributed by atoms with van der Waals surface area (Å²) in [5.74, 6) is 0.838. The first-order valence-corrected chi connectivity index (χ1v) is 12.2. The summed E-state index contributed by atoms with van der Waals surface area (Å²) in [6.45, 7) is 9.49. The van der Waals surface area contributed by atoms with Crippen LogP contribution in [0.5, 0.6) is 5.75 Å². The number of nitrogens with zero attached hydrogens (tertiary/aromatic N) is 1. The van der Waals surface area contributed by atoms with E-state index < -0.39 is 0 Å². The molecule has 1 atom stereocenters. The maximum absolute atomic E-state index is 5.88. The Morgan fingerprint density at radius 2 is 1.85 bits per heavy atom. The van der Waals surface area contributed by atoms with E-state index in [2.05, 4.69) is 62.9 Å². The zero-order valence-corrected chi connectivity index (χ0v) is 20.1. The van der Waals surface area contributed by atoms with Gasteiger partial charge in [0.25, 0.3) is 0 Å². The molecule has 1 unspecified atom stereocenters. The molecule has 0 spiro atoms. The van der Waals surface area contributed by atoms with Gasteiger partial charge in [-0.05, 0) is 80.6 Å². The molecule has 3 heteroatoms. The van der Waals surface area contributed by atoms with E-state index >= 15 is 0 Å². The number of allylic oxidation sites excluding steroid dienone is 1. The second kappa shape index (κ2) is 13.6. The van der Waals surface area contributed by atoms with Crippen molar-refractivity contribution >= 4 is 17.0 Å². The summed E-state index contributed by atoms with van der Waals surface area (Å²) < 4.78 is 11.4. The van der Waals surface area contributed by atoms with Gasteiger partial charge in [0.05, 0.1) is 17.3 Å². The Morgan fingerprint density at radius 1 is 1.00 bits per heavy atom. The largest absolute Gasteiger partial charge is 0.490 e. The Labute approximate surface area is 199 Å². The fourth-order valence-corrected chi connectivity index (χ4v) is 3.75. The van der Waals surface area contributed by atoms with Crippen LogP contribution in [0.15, 0.2) is 73.3 Å². The number of rotatable bonds is 14. The van der Waals surface area contributed by atoms with Gasteiger partial charge in [0.1, 0.15) is 12.4 Å². The molecule has 0 amide bonds. The summed E-state index contributed by atoms with van der Waals surface area (Å²) in [4.78, 5) is 4.85. The zero-order valence-electron chi connectivity index (χ0n) is 20.1. The predicted molar refractivity (Wildman–Crippen MR) is 141 cm³/mol. The summed E-state index contributed by atoms with van der Waals surface area (Å²) in [5.41, 5.74) is 4.26. The van der Waals surface area contributed by atoms with E-state index in [0.29, 0.717) is 12.7 Å². The van der Waals surface area contributed by atoms with Crippen molar-refractivity contribution in [1.82, 2.24) is 4.98 Å². The molecule has 0 N–H and O–H groups in total. The first kappa shape index (κ1) is 24.7. The average molecular weight is 444 g/mol. The average Bonchev–Trinajstić information content (AvgIpc) is 2.85. The summed E-state index contributed by atoms with van der Waals surface area (Å²) in [5, 5.41) is 1.15. The molecule has 1 heterocycles. The molecule has 0 aliphatic heterocycles. The highest BCUT2D eigenvalue weighted by Gasteiger charge is 2.04. The van der Waals surface area contributed by atoms with Crippen molar-refractivity contribution < 1.29 is 9.47 Å². The van der Waals surface area contributed by atoms with Crippen LogP contribution in [0.2, 0.25) is 0 Å². The van der Waals surface area contributed by atoms with Gasteiger partial charge < -0.3 is 9.47 Å². The van der Waals surface area contributed by atoms with Gasteiger partial charge in [-0.15, -0.1) is 0 Å². The van der Waals surface area contributed by atoms with Gasteiger partial charge in [-0.1, -0.05) is 56.7 Å². The predicted octanol–water partition coefficient (Wildman–Crippen LogP) is 8.25. The van der Waals surface area contributed by atoms with Crippen LogP contribution < -0.4 is 4.74 Å². The van der Waals surface area contributed by atoms with E-state index in [9.17, 15) is 0 Å². The molecule has 0 aliphatic carbocycles. The Kier molecular flexibility index (Phi) is 10.2. The minimum atomic E-state index is 0.354. The van der Waals surface area contributed by atoms with E-state index in [1.165, 1.54) is 24.8 Å². The molecule has 0 saturated heterocycles. The highest BCUT2D eigenvalue weighted by atomic mass is 16.5. The number of unbranched alkanes of at least 4 members (excludes halogenated alkanes) is 3. The van der Waals surface area contributed by atoms with Gasteiger partial charge in [0.2, 0.25) is 0 Å². The van der Waals surface area contributed by atoms with Crippen LogP contribution in [0.4, 0.5) is 0 Å². The van der Waals surface area contributed by atoms with Crippen molar-refractivity contribution in [2.45, 2.75) is 58.5 Å². The maximum atomic E-state index is 5.88. The third kappa shape index (κ3) is 8.18. The first-order chi connectivity index (χ1) is 16.2. The molecule has 0 bridgehead atoms. The molecule has 3 aromatic rings. The molecular weight excluding hydrogens is 406 g/mol. The highest BCUT2D eigenvalue weighted by molar-refractivity contribution is 5.83. The van der Waals surface area contributed by atoms with Crippen molar-refractivity contribution in [2.75, 3.05) is 13.2 Å². The number of fused-ring (bicyclic) bond motifs is 1. The normalized spacial score (nSPS) is 12.3. The number of ether oxygens (including phenoxy) is 2. The summed E-state index contributed by atoms with van der Waals surface area (Å²) in [6.07, 6.45) is 13.6. The SMILES string of the molecule is C=CCOc1ccc(-c2ccc3cc(C=CCCCC(C)OCCCCC)ccc3n2)cc1. The third-order valence-corrected chi connectivity index (χ3v) is 5.67. The zero-order chi connectivity index (χ0) is 23.3. The van der Waals surface area contributed by atoms with Crippen molar-refractivity contribution in [3.05, 3.63) is 78.9 Å². The van der Waals surface area contributed by atoms with Crippen molar-refractivity contribution in [3.8, 4) is 17.0 Å². The molecule has 0 saturated carbocycles. The topological polar surface area (TPSA) is 31.4 Å². The van der Waals surface area contributed by atoms with Gasteiger partial charge in [-0.3, -0.25) is 0 Å². The second-order valence-electron chi connectivity index (χ2n) is 8.49. The molecule has 0 aliphatic rings. The van der Waals surface area contributed by atoms with E-state index in [1.807, 2.05) is 24.3 Å². The molecule has 2 aromatic carbocycles. The van der Waals surface area contributed by atoms with Crippen molar-refractivity contribution in [2.24, 2.45) is 0 Å². The quantitative estimate of drug-likeness (QED) is 0.186. The van der Waals surface area contributed by atoms with Crippen LogP contribution in [0.3, 0.4) is 0 Å². The number of benzene rings is 2. The molecule has 0 radical (unpaired) electrons. The van der Waals surface area contributed by atoms with Crippen molar-refractivity contribution in [3.63, 3.8) is 0 Å². The number of aromatic nitrogens is 1. The summed E-state index contributed by atoms with van der Waals surface area (Å²) >= 11 is 0. The van der Waals surface area contributed by atoms with Gasteiger partial charge in [0.15, 0.2) is 0 Å². The number of hydrogen-bond donors (Lipinski definition) is 0. The van der Waals surface area contributed by atoms with Crippen LogP contribution >= 0.6 is 0 Å². The molecule has 3 rings (SSSR count). The lowest BCUT2D eigenvalue weighted by Crippen LogP contribution is -2.08. The molecule has 0 fully saturated rings. The number of pyridine rings is 1. The molecule has 1 aromatic heterocycles. The lowest BCUT2D eigenvalue weighted by Gasteiger charge is -2.12. The Hall–Kier alpha value is -2.91. The summed E-state index contributed by atoms with van der Waals surface area (Å²) in [7, 11) is 0. The fraction of sp³-hybridized carbons (Fsp3) is 0.367. The third-order valence-electron chi connectivity index (χ3n) is 5.67. The van der Waals surface area contributed by atoms with Gasteiger partial charge in [0, 0.05) is 17.6 Å². The van der Waals surface area contributed by atoms with E-state index in [0.717, 1.165) is 53.8 Å². The van der Waals surface area contributed by atoms with Crippen LogP contribution in [-0.2, 0) is 4.74 Å². The van der Waals surface area contributed by atoms with E-state index in [-0.39, 0.29) is 0 Å². The van der Waals surface area contributed by atoms with Crippen LogP contribution in [-0.4, -0.2) is 24.3 Å². The second-order valence-corrected chi connectivity index (χ2v) is 8.49. The maximum Gasteiger partial charge on any atom is 0.119 e. The Morgan fingerprint density at radius 3 is 2.64 bits per heavy atom. The van der Waals surface area contributed by atoms with Crippen LogP contribution in [0, 0.1) is 0 Å². The smallest absolute Gasteiger partial charge is 0.119 e. The first-order valence-electron chi connectivity index (χ1n) is 12.2. The highest BCUT2D eigenvalue weighted by Crippen LogP contribution is 2.24. The van der Waals surface area contributed by atoms with Gasteiger partial charge >= 0.3 is 0 Å². The Balaban J connectivity index is 1.51. The van der Waals surface area contributed by atoms with E-state index in [4.69, 9.17) is 14.5 Å². The standard InChI is InChI=1S/C30H37NO2/c1-4-6-10-22-32-24(3)11-8-7-9-12-25-13-19-30-27(23-25)16-20-29(31-30)26-14-17-28(18-15-26)33-21-5-2/h5,9,12-20,23-24H,2,4,6-8,10-11,21-22H2,1,3H3. The van der Waals surface area contributed by atoms with Gasteiger partial charge in [-0.25, -0.2) is 4.98 Å². The van der Waals surface area contributed by atoms with Crippen LogP contribution in [0.1, 0.15) is 57.9 Å². The lowest BCUT2D eigenvalue weighted by atomic mass is 10.1. The van der Waals surface area contributed by atoms with Crippen molar-refractivity contribution in [1.29, 1.82) is 0 Å². The molecule has 174 valence electrons. The molecule has 3 nitrogen and oxygen atoms in total. The summed E-state index contributed by atoms with van der Waals surface area (Å²) in [6, 6.07) is 18.7. The monoisotopic (exact) mass is 443 g/mol. The molecular formula is C30H37NO2. The Bertz CT molecular complexity index is 1020. The van der Waals surface area contributed by atoms with Crippen LogP contribution in [0.25, 0.3) is 28.2 Å². The van der Waals surface area contributed by atoms with Gasteiger partial charge in [-0.2, -0.15) is 0 Å².